The van der Waals surface area contributed by atoms with Crippen LogP contribution in [0.15, 0.2) is 0 Å². The van der Waals surface area contributed by atoms with Gasteiger partial charge < -0.3 is 5.73 Å². The molecule has 0 saturated heterocycles. The van der Waals surface area contributed by atoms with Gasteiger partial charge in [-0.3, -0.25) is 0 Å². The van der Waals surface area contributed by atoms with Gasteiger partial charge in [-0.1, -0.05) is 12.2 Å². The molecule has 0 heterocycles. The average molecular weight is 151 g/mol. The first-order valence-electron chi connectivity index (χ1n) is 1.74. The fourth-order valence-electron chi connectivity index (χ4n) is 0.170. The Labute approximate surface area is 59.2 Å². The molecule has 0 amide bonds. The van der Waals surface area contributed by atoms with Gasteiger partial charge in [0.05, 0.1) is 4.71 Å². The average Bonchev–Trinajstić information content (AvgIpc) is 1.27. The van der Waals surface area contributed by atoms with Gasteiger partial charge in [0.2, 0.25) is 0 Å². The zero-order valence-electron chi connectivity index (χ0n) is 3.92. The van der Waals surface area contributed by atoms with Crippen molar-refractivity contribution >= 4 is 48.6 Å². The van der Waals surface area contributed by atoms with Crippen molar-refractivity contribution in [3.05, 3.63) is 0 Å². The van der Waals surface area contributed by atoms with Crippen molar-refractivity contribution in [2.24, 2.45) is 5.73 Å². The van der Waals surface area contributed by atoms with Gasteiger partial charge in [0, 0.05) is 4.10 Å². The third-order valence-electron chi connectivity index (χ3n) is 0.287. The normalized spacial score (nSPS) is 13.4. The SMILES string of the molecule is BC(=S)SC(N)S. The molecular weight excluding hydrogens is 145 g/mol. The molecule has 0 rings (SSSR count). The Morgan fingerprint density at radius 1 is 2.00 bits per heavy atom. The van der Waals surface area contributed by atoms with Crippen LogP contribution in [0.5, 0.6) is 0 Å². The molecule has 0 saturated carbocycles. The lowest BCUT2D eigenvalue weighted by Crippen LogP contribution is -2.08. The molecule has 0 aromatic heterocycles. The van der Waals surface area contributed by atoms with E-state index in [1.165, 1.54) is 11.8 Å². The number of hydrogen-bond acceptors (Lipinski definition) is 4. The fourth-order valence-corrected chi connectivity index (χ4v) is 1.51. The first kappa shape index (κ1) is 7.81. The molecule has 5 heteroatoms. The first-order valence-corrected chi connectivity index (χ1v) is 3.54. The van der Waals surface area contributed by atoms with Crippen molar-refractivity contribution < 1.29 is 0 Å². The van der Waals surface area contributed by atoms with Gasteiger partial charge >= 0.3 is 0 Å². The Morgan fingerprint density at radius 3 is 2.43 bits per heavy atom. The Morgan fingerprint density at radius 2 is 2.43 bits per heavy atom. The van der Waals surface area contributed by atoms with Crippen LogP contribution in [0.4, 0.5) is 0 Å². The summed E-state index contributed by atoms with van der Waals surface area (Å²) in [7, 11) is 1.83. The molecule has 0 aromatic carbocycles. The van der Waals surface area contributed by atoms with E-state index in [9.17, 15) is 0 Å². The van der Waals surface area contributed by atoms with E-state index >= 15 is 0 Å². The van der Waals surface area contributed by atoms with Crippen LogP contribution in [-0.2, 0) is 0 Å². The molecule has 2 N–H and O–H groups in total. The van der Waals surface area contributed by atoms with Crippen LogP contribution < -0.4 is 5.73 Å². The summed E-state index contributed by atoms with van der Waals surface area (Å²) in [6, 6.07) is 0. The molecule has 1 unspecified atom stereocenters. The highest BCUT2D eigenvalue weighted by atomic mass is 32.2. The van der Waals surface area contributed by atoms with E-state index < -0.39 is 0 Å². The van der Waals surface area contributed by atoms with Gasteiger partial charge in [-0.15, -0.1) is 24.4 Å². The van der Waals surface area contributed by atoms with Crippen molar-refractivity contribution in [3.63, 3.8) is 0 Å². The molecule has 1 nitrogen and oxygen atoms in total. The molecule has 0 bridgehead atoms. The quantitative estimate of drug-likeness (QED) is 0.235. The number of hydrogen-bond donors (Lipinski definition) is 2. The molecule has 0 aliphatic rings. The minimum atomic E-state index is -0.155. The van der Waals surface area contributed by atoms with Gasteiger partial charge in [0.15, 0.2) is 7.85 Å². The molecule has 0 aliphatic carbocycles. The summed E-state index contributed by atoms with van der Waals surface area (Å²) in [4.78, 5) is 0. The summed E-state index contributed by atoms with van der Waals surface area (Å²) in [6.45, 7) is 0. The van der Waals surface area contributed by atoms with Gasteiger partial charge in [-0.2, -0.15) is 0 Å². The predicted octanol–water partition coefficient (Wildman–Crippen LogP) is -0.190. The van der Waals surface area contributed by atoms with Crippen LogP contribution >= 0.6 is 36.6 Å². The predicted molar refractivity (Wildman–Crippen MR) is 45.7 cm³/mol. The highest BCUT2D eigenvalue weighted by Crippen LogP contribution is 2.08. The lowest BCUT2D eigenvalue weighted by molar-refractivity contribution is 1.33. The van der Waals surface area contributed by atoms with E-state index in [1.807, 2.05) is 7.85 Å². The summed E-state index contributed by atoms with van der Waals surface area (Å²) >= 11 is 9.98. The Hall–Kier alpha value is 0.815. The molecular formula is C2H6BNS3. The zero-order valence-corrected chi connectivity index (χ0v) is 6.45. The van der Waals surface area contributed by atoms with Crippen molar-refractivity contribution in [2.75, 3.05) is 0 Å². The standard InChI is InChI=1S/C2H6BNS3/c3-1(5)7-2(4)6/h2,6H,3-4H2. The third-order valence-corrected chi connectivity index (χ3v) is 1.47. The highest BCUT2D eigenvalue weighted by Gasteiger charge is 1.93. The Bertz CT molecular complexity index is 73.3. The molecule has 0 spiro atoms. The van der Waals surface area contributed by atoms with Gasteiger partial charge in [0.25, 0.3) is 0 Å². The van der Waals surface area contributed by atoms with E-state index in [1.54, 1.807) is 0 Å². The smallest absolute Gasteiger partial charge is 0.162 e. The van der Waals surface area contributed by atoms with Crippen LogP contribution in [0.1, 0.15) is 0 Å². The Kier molecular flexibility index (Phi) is 4.21. The van der Waals surface area contributed by atoms with Crippen molar-refractivity contribution in [1.82, 2.24) is 0 Å². The fraction of sp³-hybridized carbons (Fsp3) is 0.500. The van der Waals surface area contributed by atoms with Crippen molar-refractivity contribution in [2.45, 2.75) is 4.71 Å². The largest absolute Gasteiger partial charge is 0.311 e. The van der Waals surface area contributed by atoms with E-state index in [2.05, 4.69) is 12.6 Å². The molecule has 7 heavy (non-hydrogen) atoms. The summed E-state index contributed by atoms with van der Waals surface area (Å²) in [5.74, 6) is 0. The topological polar surface area (TPSA) is 26.0 Å². The minimum absolute atomic E-state index is 0.155. The second-order valence-corrected chi connectivity index (χ2v) is 4.13. The number of rotatable bonds is 1. The van der Waals surface area contributed by atoms with Gasteiger partial charge in [0.1, 0.15) is 0 Å². The maximum Gasteiger partial charge on any atom is 0.162 e. The number of thioether (sulfide) groups is 1. The maximum atomic E-state index is 5.23. The summed E-state index contributed by atoms with van der Waals surface area (Å²) in [5, 5.41) is 0. The molecule has 0 radical (unpaired) electrons. The minimum Gasteiger partial charge on any atom is -0.311 e. The lowest BCUT2D eigenvalue weighted by atomic mass is 10.2. The summed E-state index contributed by atoms with van der Waals surface area (Å²) in [6.07, 6.45) is 0. The monoisotopic (exact) mass is 151 g/mol. The van der Waals surface area contributed by atoms with E-state index in [-0.39, 0.29) is 4.71 Å². The van der Waals surface area contributed by atoms with Crippen molar-refractivity contribution in [3.8, 4) is 0 Å². The molecule has 0 fully saturated rings. The van der Waals surface area contributed by atoms with Crippen LogP contribution in [0.25, 0.3) is 0 Å². The Balaban J connectivity index is 3.13. The molecule has 0 aromatic rings. The molecule has 40 valence electrons. The van der Waals surface area contributed by atoms with E-state index in [0.29, 0.717) is 0 Å². The zero-order chi connectivity index (χ0) is 5.86. The lowest BCUT2D eigenvalue weighted by Gasteiger charge is -1.98. The van der Waals surface area contributed by atoms with E-state index in [0.717, 1.165) is 4.10 Å². The van der Waals surface area contributed by atoms with Crippen LogP contribution in [0, 0.1) is 0 Å². The van der Waals surface area contributed by atoms with Crippen LogP contribution in [-0.4, -0.2) is 16.6 Å². The second kappa shape index (κ2) is 3.77. The second-order valence-electron chi connectivity index (χ2n) is 1.000. The van der Waals surface area contributed by atoms with Crippen molar-refractivity contribution in [1.29, 1.82) is 0 Å². The summed E-state index contributed by atoms with van der Waals surface area (Å²) in [5.41, 5.74) is 5.23. The molecule has 1 atom stereocenters. The first-order chi connectivity index (χ1) is 3.13. The summed E-state index contributed by atoms with van der Waals surface area (Å²) < 4.78 is 0.681. The van der Waals surface area contributed by atoms with Crippen LogP contribution in [0.3, 0.4) is 0 Å². The number of nitrogens with two attached hydrogens (primary N) is 1. The highest BCUT2D eigenvalue weighted by molar-refractivity contribution is 8.30. The number of thiocarbonyl (C=S) groups is 1. The van der Waals surface area contributed by atoms with Crippen LogP contribution in [0.2, 0.25) is 0 Å². The van der Waals surface area contributed by atoms with Gasteiger partial charge in [-0.25, -0.2) is 0 Å². The number of thiol groups is 1. The maximum absolute atomic E-state index is 5.23. The van der Waals surface area contributed by atoms with Gasteiger partial charge in [-0.05, 0) is 0 Å². The third kappa shape index (κ3) is 6.81. The van der Waals surface area contributed by atoms with E-state index in [4.69, 9.17) is 18.0 Å². The molecule has 0 aliphatic heterocycles.